The molecule has 0 amide bonds. The fraction of sp³-hybridized carbons (Fsp3) is 0.125. The average Bonchev–Trinajstić information content (AvgIpc) is 2.16. The van der Waals surface area contributed by atoms with Crippen molar-refractivity contribution in [1.82, 2.24) is 0 Å². The number of hydrogen-bond acceptors (Lipinski definition) is 4. The molecule has 80 valence electrons. The number of hydrogen-bond donors (Lipinski definition) is 3. The Labute approximate surface area is 91.0 Å². The van der Waals surface area contributed by atoms with Crippen LogP contribution in [0, 0.1) is 0 Å². The van der Waals surface area contributed by atoms with Gasteiger partial charge in [-0.2, -0.15) is 0 Å². The van der Waals surface area contributed by atoms with E-state index in [0.29, 0.717) is 0 Å². The maximum Gasteiger partial charge on any atom is 0.488 e. The molecule has 1 rings (SSSR count). The highest BCUT2D eigenvalue weighted by Crippen LogP contribution is 2.27. The van der Waals surface area contributed by atoms with Crippen molar-refractivity contribution in [3.8, 4) is 5.75 Å². The number of carboxylic acid groups (broad SMARTS) is 1. The third-order valence-electron chi connectivity index (χ3n) is 1.80. The van der Waals surface area contributed by atoms with Gasteiger partial charge in [0.1, 0.15) is 5.56 Å². The number of rotatable bonds is 3. The van der Waals surface area contributed by atoms with Crippen molar-refractivity contribution in [2.45, 2.75) is 0 Å². The fourth-order valence-corrected chi connectivity index (χ4v) is 1.43. The molecule has 3 N–H and O–H groups in total. The zero-order valence-electron chi connectivity index (χ0n) is 7.77. The predicted molar refractivity (Wildman–Crippen MR) is 54.8 cm³/mol. The average molecular weight is 230 g/mol. The standard InChI is InChI=1S/C8H8BClO5/c1-15-7-5(8(11)12)2-4(9(13)14)3-6(7)10/h2-3,13-14H,1H3,(H,11,12). The van der Waals surface area contributed by atoms with Gasteiger partial charge < -0.3 is 19.9 Å². The van der Waals surface area contributed by atoms with Gasteiger partial charge in [-0.25, -0.2) is 4.79 Å². The van der Waals surface area contributed by atoms with Crippen molar-refractivity contribution >= 4 is 30.2 Å². The molecule has 1 aromatic carbocycles. The van der Waals surface area contributed by atoms with Crippen molar-refractivity contribution in [3.63, 3.8) is 0 Å². The number of ether oxygens (including phenoxy) is 1. The topological polar surface area (TPSA) is 87.0 Å². The number of halogens is 1. The molecule has 0 aliphatic carbocycles. The molecule has 0 radical (unpaired) electrons. The van der Waals surface area contributed by atoms with E-state index in [1.165, 1.54) is 13.2 Å². The molecule has 0 aliphatic rings. The first-order valence-corrected chi connectivity index (χ1v) is 4.32. The molecule has 0 unspecified atom stereocenters. The molecule has 0 bridgehead atoms. The van der Waals surface area contributed by atoms with Gasteiger partial charge in [-0.1, -0.05) is 11.6 Å². The predicted octanol–water partition coefficient (Wildman–Crippen LogP) is -0.273. The molecule has 1 aromatic rings. The zero-order chi connectivity index (χ0) is 11.6. The lowest BCUT2D eigenvalue weighted by Gasteiger charge is -2.09. The van der Waals surface area contributed by atoms with E-state index in [1.807, 2.05) is 0 Å². The van der Waals surface area contributed by atoms with Crippen LogP contribution in [0.4, 0.5) is 0 Å². The molecule has 0 saturated carbocycles. The first kappa shape index (κ1) is 11.8. The summed E-state index contributed by atoms with van der Waals surface area (Å²) in [6.45, 7) is 0. The highest BCUT2D eigenvalue weighted by Gasteiger charge is 2.20. The Hall–Kier alpha value is -1.24. The second-order valence-electron chi connectivity index (χ2n) is 2.76. The van der Waals surface area contributed by atoms with Crippen LogP contribution in [-0.2, 0) is 0 Å². The quantitative estimate of drug-likeness (QED) is 0.622. The smallest absolute Gasteiger partial charge is 0.488 e. The zero-order valence-corrected chi connectivity index (χ0v) is 8.52. The van der Waals surface area contributed by atoms with E-state index in [0.717, 1.165) is 6.07 Å². The lowest BCUT2D eigenvalue weighted by Crippen LogP contribution is -2.30. The summed E-state index contributed by atoms with van der Waals surface area (Å²) >= 11 is 5.71. The molecule has 5 nitrogen and oxygen atoms in total. The van der Waals surface area contributed by atoms with E-state index in [-0.39, 0.29) is 21.8 Å². The molecular formula is C8H8BClO5. The number of benzene rings is 1. The van der Waals surface area contributed by atoms with Crippen LogP contribution in [-0.4, -0.2) is 35.4 Å². The second-order valence-corrected chi connectivity index (χ2v) is 3.17. The van der Waals surface area contributed by atoms with Crippen molar-refractivity contribution < 1.29 is 24.7 Å². The molecule has 0 spiro atoms. The van der Waals surface area contributed by atoms with Crippen LogP contribution in [0.1, 0.15) is 10.4 Å². The first-order valence-electron chi connectivity index (χ1n) is 3.94. The molecule has 0 aliphatic heterocycles. The second kappa shape index (κ2) is 4.52. The monoisotopic (exact) mass is 230 g/mol. The van der Waals surface area contributed by atoms with Crippen LogP contribution >= 0.6 is 11.6 Å². The lowest BCUT2D eigenvalue weighted by atomic mass is 9.79. The molecule has 0 heterocycles. The van der Waals surface area contributed by atoms with Crippen LogP contribution in [0.15, 0.2) is 12.1 Å². The van der Waals surface area contributed by atoms with Gasteiger partial charge in [0.25, 0.3) is 0 Å². The number of carboxylic acids is 1. The van der Waals surface area contributed by atoms with E-state index in [9.17, 15) is 4.79 Å². The summed E-state index contributed by atoms with van der Waals surface area (Å²) in [5.41, 5.74) is -0.216. The highest BCUT2D eigenvalue weighted by molar-refractivity contribution is 6.59. The lowest BCUT2D eigenvalue weighted by molar-refractivity contribution is 0.0693. The Morgan fingerprint density at radius 2 is 2.07 bits per heavy atom. The Bertz CT molecular complexity index is 393. The third-order valence-corrected chi connectivity index (χ3v) is 2.08. The Kier molecular flexibility index (Phi) is 3.57. The molecule has 15 heavy (non-hydrogen) atoms. The van der Waals surface area contributed by atoms with E-state index in [2.05, 4.69) is 0 Å². The molecular weight excluding hydrogens is 222 g/mol. The maximum absolute atomic E-state index is 10.8. The van der Waals surface area contributed by atoms with Gasteiger partial charge in [0.15, 0.2) is 5.75 Å². The van der Waals surface area contributed by atoms with Crippen LogP contribution in [0.25, 0.3) is 0 Å². The van der Waals surface area contributed by atoms with Gasteiger partial charge >= 0.3 is 13.1 Å². The van der Waals surface area contributed by atoms with Crippen molar-refractivity contribution in [1.29, 1.82) is 0 Å². The van der Waals surface area contributed by atoms with Gasteiger partial charge in [-0.15, -0.1) is 0 Å². The normalized spacial score (nSPS) is 9.87. The van der Waals surface area contributed by atoms with Gasteiger partial charge in [0.05, 0.1) is 12.1 Å². The summed E-state index contributed by atoms with van der Waals surface area (Å²) in [6.07, 6.45) is 0. The van der Waals surface area contributed by atoms with E-state index >= 15 is 0 Å². The van der Waals surface area contributed by atoms with Gasteiger partial charge in [0, 0.05) is 0 Å². The molecule has 0 saturated heterocycles. The summed E-state index contributed by atoms with van der Waals surface area (Å²) in [7, 11) is -0.491. The number of carbonyl (C=O) groups is 1. The fourth-order valence-electron chi connectivity index (χ4n) is 1.13. The van der Waals surface area contributed by atoms with Gasteiger partial charge in [-0.3, -0.25) is 0 Å². The summed E-state index contributed by atoms with van der Waals surface area (Å²) in [5.74, 6) is -1.26. The summed E-state index contributed by atoms with van der Waals surface area (Å²) < 4.78 is 4.80. The van der Waals surface area contributed by atoms with Gasteiger partial charge in [0.2, 0.25) is 0 Å². The SMILES string of the molecule is COc1c(Cl)cc(B(O)O)cc1C(=O)O. The minimum Gasteiger partial charge on any atom is -0.494 e. The summed E-state index contributed by atoms with van der Waals surface area (Å²) in [5, 5.41) is 26.6. The minimum atomic E-state index is -1.77. The third kappa shape index (κ3) is 2.41. The highest BCUT2D eigenvalue weighted by atomic mass is 35.5. The largest absolute Gasteiger partial charge is 0.494 e. The van der Waals surface area contributed by atoms with Crippen LogP contribution in [0.5, 0.6) is 5.75 Å². The number of aromatic carboxylic acids is 1. The van der Waals surface area contributed by atoms with Crippen molar-refractivity contribution in [2.75, 3.05) is 7.11 Å². The summed E-state index contributed by atoms with van der Waals surface area (Å²) in [6, 6.07) is 2.33. The molecule has 0 fully saturated rings. The minimum absolute atomic E-state index is 0.00167. The van der Waals surface area contributed by atoms with Crippen LogP contribution in [0.2, 0.25) is 5.02 Å². The Balaban J connectivity index is 3.38. The van der Waals surface area contributed by atoms with Crippen molar-refractivity contribution in [3.05, 3.63) is 22.7 Å². The van der Waals surface area contributed by atoms with E-state index in [4.69, 9.17) is 31.5 Å². The Morgan fingerprint density at radius 1 is 1.47 bits per heavy atom. The first-order chi connectivity index (χ1) is 6.97. The maximum atomic E-state index is 10.8. The van der Waals surface area contributed by atoms with E-state index in [1.54, 1.807) is 0 Å². The number of methoxy groups -OCH3 is 1. The molecule has 0 aromatic heterocycles. The van der Waals surface area contributed by atoms with Crippen LogP contribution in [0.3, 0.4) is 0 Å². The van der Waals surface area contributed by atoms with Gasteiger partial charge in [-0.05, 0) is 17.6 Å². The Morgan fingerprint density at radius 3 is 2.47 bits per heavy atom. The summed E-state index contributed by atoms with van der Waals surface area (Å²) in [4.78, 5) is 10.8. The van der Waals surface area contributed by atoms with Crippen molar-refractivity contribution in [2.24, 2.45) is 0 Å². The van der Waals surface area contributed by atoms with E-state index < -0.39 is 13.1 Å². The molecule has 0 atom stereocenters. The van der Waals surface area contributed by atoms with Crippen LogP contribution < -0.4 is 10.2 Å². The molecule has 7 heteroatoms.